The van der Waals surface area contributed by atoms with Gasteiger partial charge in [-0.05, 0) is 41.3 Å². The van der Waals surface area contributed by atoms with Gasteiger partial charge >= 0.3 is 0 Å². The summed E-state index contributed by atoms with van der Waals surface area (Å²) in [5.74, 6) is 1.43. The summed E-state index contributed by atoms with van der Waals surface area (Å²) in [4.78, 5) is 0. The lowest BCUT2D eigenvalue weighted by molar-refractivity contribution is 0.435. The second-order valence-electron chi connectivity index (χ2n) is 5.24. The molecular formula is C18H22O2. The van der Waals surface area contributed by atoms with E-state index in [4.69, 9.17) is 0 Å². The maximum atomic E-state index is 9.47. The van der Waals surface area contributed by atoms with Gasteiger partial charge in [-0.1, -0.05) is 51.0 Å². The van der Waals surface area contributed by atoms with Crippen molar-refractivity contribution in [3.63, 3.8) is 0 Å². The topological polar surface area (TPSA) is 40.5 Å². The normalized spacial score (nSPS) is 11.2. The van der Waals surface area contributed by atoms with E-state index in [0.29, 0.717) is 23.3 Å². The van der Waals surface area contributed by atoms with E-state index in [1.165, 1.54) is 11.1 Å². The molecule has 0 radical (unpaired) electrons. The van der Waals surface area contributed by atoms with E-state index < -0.39 is 0 Å². The summed E-state index contributed by atoms with van der Waals surface area (Å²) in [5, 5.41) is 18.9. The number of phenolic OH excluding ortho intramolecular Hbond substituents is 2. The van der Waals surface area contributed by atoms with Gasteiger partial charge in [0, 0.05) is 5.92 Å². The van der Waals surface area contributed by atoms with Crippen molar-refractivity contribution >= 4 is 0 Å². The van der Waals surface area contributed by atoms with Crippen molar-refractivity contribution in [3.8, 4) is 11.5 Å². The van der Waals surface area contributed by atoms with E-state index in [-0.39, 0.29) is 0 Å². The van der Waals surface area contributed by atoms with Gasteiger partial charge in [0.25, 0.3) is 0 Å². The van der Waals surface area contributed by atoms with Gasteiger partial charge in [-0.15, -0.1) is 0 Å². The van der Waals surface area contributed by atoms with Crippen LogP contribution in [-0.4, -0.2) is 10.2 Å². The largest absolute Gasteiger partial charge is 0.508 e. The number of phenols is 2. The van der Waals surface area contributed by atoms with Crippen molar-refractivity contribution in [2.24, 2.45) is 5.92 Å². The molecule has 2 heteroatoms. The van der Waals surface area contributed by atoms with Gasteiger partial charge in [-0.2, -0.15) is 0 Å². The first-order valence-electron chi connectivity index (χ1n) is 7.23. The molecule has 0 fully saturated rings. The fraction of sp³-hybridized carbons (Fsp3) is 0.333. The zero-order chi connectivity index (χ0) is 14.5. The minimum atomic E-state index is 0.294. The molecule has 2 aromatic carbocycles. The maximum Gasteiger partial charge on any atom is 0.115 e. The molecule has 0 unspecified atom stereocenters. The molecule has 0 aromatic heterocycles. The molecule has 0 saturated carbocycles. The highest BCUT2D eigenvalue weighted by molar-refractivity contribution is 5.38. The standard InChI is InChI=1S/C18H22O2/c1-3-13(4-2)18(14-5-9-16(19)10-6-14)15-7-11-17(20)12-8-15/h5-13,18-20H,3-4H2,1-2H3. The third-order valence-electron chi connectivity index (χ3n) is 4.02. The Kier molecular flexibility index (Phi) is 4.67. The molecule has 20 heavy (non-hydrogen) atoms. The molecule has 0 heterocycles. The lowest BCUT2D eigenvalue weighted by Gasteiger charge is -2.26. The molecule has 0 aliphatic carbocycles. The molecule has 0 amide bonds. The highest BCUT2D eigenvalue weighted by Crippen LogP contribution is 2.36. The van der Waals surface area contributed by atoms with Crippen molar-refractivity contribution in [1.29, 1.82) is 0 Å². The van der Waals surface area contributed by atoms with Crippen molar-refractivity contribution in [2.75, 3.05) is 0 Å². The molecule has 0 atom stereocenters. The fourth-order valence-corrected chi connectivity index (χ4v) is 2.86. The fourth-order valence-electron chi connectivity index (χ4n) is 2.86. The summed E-state index contributed by atoms with van der Waals surface area (Å²) < 4.78 is 0. The molecule has 0 saturated heterocycles. The van der Waals surface area contributed by atoms with Gasteiger partial charge in [-0.25, -0.2) is 0 Å². The van der Waals surface area contributed by atoms with Gasteiger partial charge in [0.05, 0.1) is 0 Å². The maximum absolute atomic E-state index is 9.47. The first-order valence-corrected chi connectivity index (χ1v) is 7.23. The van der Waals surface area contributed by atoms with E-state index in [9.17, 15) is 10.2 Å². The third-order valence-corrected chi connectivity index (χ3v) is 4.02. The Balaban J connectivity index is 2.43. The van der Waals surface area contributed by atoms with Crippen LogP contribution in [0.5, 0.6) is 11.5 Å². The molecule has 2 N–H and O–H groups in total. The molecule has 0 bridgehead atoms. The van der Waals surface area contributed by atoms with Crippen molar-refractivity contribution < 1.29 is 10.2 Å². The summed E-state index contributed by atoms with van der Waals surface area (Å²) in [5.41, 5.74) is 2.42. The highest BCUT2D eigenvalue weighted by atomic mass is 16.3. The quantitative estimate of drug-likeness (QED) is 0.829. The predicted molar refractivity (Wildman–Crippen MR) is 82.1 cm³/mol. The molecule has 2 nitrogen and oxygen atoms in total. The molecule has 0 aliphatic heterocycles. The molecule has 2 aromatic rings. The van der Waals surface area contributed by atoms with Crippen LogP contribution >= 0.6 is 0 Å². The molecular weight excluding hydrogens is 248 g/mol. The Hall–Kier alpha value is -1.96. The molecule has 0 spiro atoms. The van der Waals surface area contributed by atoms with E-state index in [2.05, 4.69) is 13.8 Å². The van der Waals surface area contributed by atoms with Gasteiger partial charge < -0.3 is 10.2 Å². The average molecular weight is 270 g/mol. The summed E-state index contributed by atoms with van der Waals surface area (Å²) >= 11 is 0. The van der Waals surface area contributed by atoms with Gasteiger partial charge in [0.2, 0.25) is 0 Å². The van der Waals surface area contributed by atoms with Crippen LogP contribution in [0.1, 0.15) is 43.7 Å². The molecule has 2 rings (SSSR count). The Bertz CT molecular complexity index is 479. The van der Waals surface area contributed by atoms with E-state index in [1.54, 1.807) is 24.3 Å². The Morgan fingerprint density at radius 3 is 1.35 bits per heavy atom. The minimum absolute atomic E-state index is 0.294. The SMILES string of the molecule is CCC(CC)C(c1ccc(O)cc1)c1ccc(O)cc1. The lowest BCUT2D eigenvalue weighted by atomic mass is 9.78. The van der Waals surface area contributed by atoms with E-state index in [1.807, 2.05) is 24.3 Å². The van der Waals surface area contributed by atoms with Crippen LogP contribution in [0, 0.1) is 5.92 Å². The number of hydrogen-bond acceptors (Lipinski definition) is 2. The monoisotopic (exact) mass is 270 g/mol. The van der Waals surface area contributed by atoms with Crippen LogP contribution < -0.4 is 0 Å². The first kappa shape index (κ1) is 14.4. The lowest BCUT2D eigenvalue weighted by Crippen LogP contribution is -2.13. The van der Waals surface area contributed by atoms with E-state index in [0.717, 1.165) is 12.8 Å². The highest BCUT2D eigenvalue weighted by Gasteiger charge is 2.22. The van der Waals surface area contributed by atoms with Crippen LogP contribution in [0.25, 0.3) is 0 Å². The Morgan fingerprint density at radius 1 is 0.700 bits per heavy atom. The van der Waals surface area contributed by atoms with Gasteiger partial charge in [0.1, 0.15) is 11.5 Å². The second-order valence-corrected chi connectivity index (χ2v) is 5.24. The average Bonchev–Trinajstić information content (AvgIpc) is 2.47. The molecule has 0 aliphatic rings. The van der Waals surface area contributed by atoms with Crippen LogP contribution in [0.3, 0.4) is 0 Å². The van der Waals surface area contributed by atoms with Crippen LogP contribution in [0.4, 0.5) is 0 Å². The third kappa shape index (κ3) is 3.13. The van der Waals surface area contributed by atoms with Gasteiger partial charge in [0.15, 0.2) is 0 Å². The summed E-state index contributed by atoms with van der Waals surface area (Å²) in [7, 11) is 0. The van der Waals surface area contributed by atoms with Crippen molar-refractivity contribution in [2.45, 2.75) is 32.6 Å². The summed E-state index contributed by atoms with van der Waals surface area (Å²) in [6, 6.07) is 14.9. The van der Waals surface area contributed by atoms with Crippen LogP contribution in [0.2, 0.25) is 0 Å². The number of rotatable bonds is 5. The second kappa shape index (κ2) is 6.47. The van der Waals surface area contributed by atoms with Crippen LogP contribution in [0.15, 0.2) is 48.5 Å². The Morgan fingerprint density at radius 2 is 1.05 bits per heavy atom. The summed E-state index contributed by atoms with van der Waals surface area (Å²) in [6.45, 7) is 4.42. The van der Waals surface area contributed by atoms with E-state index >= 15 is 0 Å². The van der Waals surface area contributed by atoms with Crippen molar-refractivity contribution in [3.05, 3.63) is 59.7 Å². The zero-order valence-electron chi connectivity index (χ0n) is 12.1. The summed E-state index contributed by atoms with van der Waals surface area (Å²) in [6.07, 6.45) is 2.20. The Labute approximate surface area is 120 Å². The number of aromatic hydroxyl groups is 2. The first-order chi connectivity index (χ1) is 9.65. The smallest absolute Gasteiger partial charge is 0.115 e. The predicted octanol–water partition coefficient (Wildman–Crippen LogP) is 4.67. The zero-order valence-corrected chi connectivity index (χ0v) is 12.1. The number of hydrogen-bond donors (Lipinski definition) is 2. The van der Waals surface area contributed by atoms with Gasteiger partial charge in [-0.3, -0.25) is 0 Å². The van der Waals surface area contributed by atoms with Crippen molar-refractivity contribution in [1.82, 2.24) is 0 Å². The minimum Gasteiger partial charge on any atom is -0.508 e. The molecule has 106 valence electrons. The van der Waals surface area contributed by atoms with Crippen LogP contribution in [-0.2, 0) is 0 Å². The number of benzene rings is 2.